The largest absolute Gasteiger partial charge is 0.462 e. The van der Waals surface area contributed by atoms with Crippen LogP contribution in [0.5, 0.6) is 0 Å². The fourth-order valence-electron chi connectivity index (χ4n) is 1.82. The van der Waals surface area contributed by atoms with E-state index in [2.05, 4.69) is 19.1 Å². The molecule has 0 N–H and O–H groups in total. The smallest absolute Gasteiger partial charge is 0.306 e. The Bertz CT molecular complexity index is 318. The second kappa shape index (κ2) is 3.82. The van der Waals surface area contributed by atoms with E-state index in [0.717, 1.165) is 6.42 Å². The number of benzene rings is 1. The fraction of sp³-hybridized carbons (Fsp3) is 0.417. The van der Waals surface area contributed by atoms with Gasteiger partial charge in [-0.25, -0.2) is 0 Å². The topological polar surface area (TPSA) is 26.3 Å². The molecule has 1 saturated heterocycles. The quantitative estimate of drug-likeness (QED) is 0.668. The first-order valence-electron chi connectivity index (χ1n) is 4.99. The van der Waals surface area contributed by atoms with Crippen molar-refractivity contribution in [3.05, 3.63) is 35.9 Å². The summed E-state index contributed by atoms with van der Waals surface area (Å²) in [6.07, 6.45) is 1.48. The first kappa shape index (κ1) is 9.25. The van der Waals surface area contributed by atoms with E-state index in [-0.39, 0.29) is 12.1 Å². The Morgan fingerprint density at radius 3 is 2.64 bits per heavy atom. The van der Waals surface area contributed by atoms with Gasteiger partial charge in [0.15, 0.2) is 0 Å². The number of carbonyl (C=O) groups excluding carboxylic acids is 1. The molecule has 0 aromatic heterocycles. The maximum atomic E-state index is 11.0. The average molecular weight is 190 g/mol. The van der Waals surface area contributed by atoms with Crippen LogP contribution in [0.3, 0.4) is 0 Å². The molecule has 1 aliphatic rings. The predicted molar refractivity (Wildman–Crippen MR) is 53.8 cm³/mol. The van der Waals surface area contributed by atoms with Crippen LogP contribution in [0.15, 0.2) is 30.3 Å². The van der Waals surface area contributed by atoms with E-state index in [1.54, 1.807) is 0 Å². The zero-order valence-corrected chi connectivity index (χ0v) is 8.27. The highest BCUT2D eigenvalue weighted by atomic mass is 16.5. The van der Waals surface area contributed by atoms with Gasteiger partial charge in [0.25, 0.3) is 0 Å². The van der Waals surface area contributed by atoms with Crippen molar-refractivity contribution < 1.29 is 9.53 Å². The molecule has 2 nitrogen and oxygen atoms in total. The van der Waals surface area contributed by atoms with Crippen molar-refractivity contribution in [2.24, 2.45) is 5.92 Å². The van der Waals surface area contributed by atoms with Crippen LogP contribution in [0.1, 0.15) is 18.9 Å². The SMILES string of the molecule is C[C@H]1CC(=O)O[C@@H]1Cc1ccccc1. The normalized spacial score (nSPS) is 26.2. The lowest BCUT2D eigenvalue weighted by Gasteiger charge is -2.13. The second-order valence-electron chi connectivity index (χ2n) is 3.90. The molecule has 0 saturated carbocycles. The minimum atomic E-state index is -0.0570. The summed E-state index contributed by atoms with van der Waals surface area (Å²) in [5.74, 6) is 0.293. The maximum Gasteiger partial charge on any atom is 0.306 e. The molecule has 0 spiro atoms. The lowest BCUT2D eigenvalue weighted by atomic mass is 9.97. The van der Waals surface area contributed by atoms with Crippen molar-refractivity contribution in [1.82, 2.24) is 0 Å². The summed E-state index contributed by atoms with van der Waals surface area (Å²) in [6, 6.07) is 10.2. The van der Waals surface area contributed by atoms with E-state index in [1.807, 2.05) is 18.2 Å². The van der Waals surface area contributed by atoms with E-state index >= 15 is 0 Å². The third-order valence-corrected chi connectivity index (χ3v) is 2.69. The first-order chi connectivity index (χ1) is 6.75. The lowest BCUT2D eigenvalue weighted by Crippen LogP contribution is -2.16. The van der Waals surface area contributed by atoms with Crippen LogP contribution < -0.4 is 0 Å². The van der Waals surface area contributed by atoms with E-state index in [1.165, 1.54) is 5.56 Å². The summed E-state index contributed by atoms with van der Waals surface area (Å²) in [6.45, 7) is 2.07. The van der Waals surface area contributed by atoms with Crippen LogP contribution in [0.4, 0.5) is 0 Å². The Kier molecular flexibility index (Phi) is 2.53. The zero-order chi connectivity index (χ0) is 9.97. The summed E-state index contributed by atoms with van der Waals surface area (Å²) in [4.78, 5) is 11.0. The Morgan fingerprint density at radius 2 is 2.07 bits per heavy atom. The molecule has 1 aromatic carbocycles. The van der Waals surface area contributed by atoms with Gasteiger partial charge in [0.05, 0.1) is 6.42 Å². The van der Waals surface area contributed by atoms with Gasteiger partial charge in [-0.05, 0) is 5.56 Å². The highest BCUT2D eigenvalue weighted by molar-refractivity contribution is 5.72. The molecule has 0 unspecified atom stereocenters. The summed E-state index contributed by atoms with van der Waals surface area (Å²) in [7, 11) is 0. The third-order valence-electron chi connectivity index (χ3n) is 2.69. The van der Waals surface area contributed by atoms with Gasteiger partial charge in [-0.2, -0.15) is 0 Å². The third kappa shape index (κ3) is 1.95. The van der Waals surface area contributed by atoms with Crippen LogP contribution >= 0.6 is 0 Å². The van der Waals surface area contributed by atoms with Crippen molar-refractivity contribution >= 4 is 5.97 Å². The monoisotopic (exact) mass is 190 g/mol. The van der Waals surface area contributed by atoms with Gasteiger partial charge < -0.3 is 4.74 Å². The van der Waals surface area contributed by atoms with Gasteiger partial charge in [0, 0.05) is 12.3 Å². The Hall–Kier alpha value is -1.31. The number of ether oxygens (including phenoxy) is 1. The van der Waals surface area contributed by atoms with Crippen molar-refractivity contribution in [3.63, 3.8) is 0 Å². The number of hydrogen-bond acceptors (Lipinski definition) is 2. The minimum absolute atomic E-state index is 0.0570. The summed E-state index contributed by atoms with van der Waals surface area (Å²) < 4.78 is 5.24. The van der Waals surface area contributed by atoms with Gasteiger partial charge in [0.2, 0.25) is 0 Å². The van der Waals surface area contributed by atoms with Crippen molar-refractivity contribution in [2.75, 3.05) is 0 Å². The summed E-state index contributed by atoms with van der Waals surface area (Å²) >= 11 is 0. The number of rotatable bonds is 2. The van der Waals surface area contributed by atoms with Gasteiger partial charge in [-0.3, -0.25) is 4.79 Å². The molecule has 14 heavy (non-hydrogen) atoms. The molecule has 0 aliphatic carbocycles. The highest BCUT2D eigenvalue weighted by Crippen LogP contribution is 2.24. The van der Waals surface area contributed by atoms with E-state index in [0.29, 0.717) is 12.3 Å². The molecule has 74 valence electrons. The standard InChI is InChI=1S/C12H14O2/c1-9-7-12(13)14-11(9)8-10-5-3-2-4-6-10/h2-6,9,11H,7-8H2,1H3/t9-,11+/m0/s1. The van der Waals surface area contributed by atoms with Gasteiger partial charge in [-0.1, -0.05) is 37.3 Å². The maximum absolute atomic E-state index is 11.0. The molecule has 1 heterocycles. The summed E-state index contributed by atoms with van der Waals surface area (Å²) in [5.41, 5.74) is 1.24. The van der Waals surface area contributed by atoms with E-state index in [9.17, 15) is 4.79 Å². The van der Waals surface area contributed by atoms with Crippen LogP contribution in [-0.2, 0) is 16.0 Å². The van der Waals surface area contributed by atoms with Crippen molar-refractivity contribution in [3.8, 4) is 0 Å². The molecule has 2 heteroatoms. The second-order valence-corrected chi connectivity index (χ2v) is 3.90. The molecular formula is C12H14O2. The van der Waals surface area contributed by atoms with E-state index in [4.69, 9.17) is 4.74 Å². The molecule has 2 atom stereocenters. The molecule has 2 rings (SSSR count). The number of esters is 1. The van der Waals surface area contributed by atoms with Gasteiger partial charge in [0.1, 0.15) is 6.10 Å². The Balaban J connectivity index is 2.02. The summed E-state index contributed by atoms with van der Waals surface area (Å²) in [5, 5.41) is 0. The molecule has 1 aliphatic heterocycles. The minimum Gasteiger partial charge on any atom is -0.462 e. The average Bonchev–Trinajstić information content (AvgIpc) is 2.47. The zero-order valence-electron chi connectivity index (χ0n) is 8.27. The predicted octanol–water partition coefficient (Wildman–Crippen LogP) is 2.18. The molecule has 1 fully saturated rings. The lowest BCUT2D eigenvalue weighted by molar-refractivity contribution is -0.141. The highest BCUT2D eigenvalue weighted by Gasteiger charge is 2.30. The Labute approximate surface area is 83.9 Å². The van der Waals surface area contributed by atoms with Crippen LogP contribution in [0.25, 0.3) is 0 Å². The van der Waals surface area contributed by atoms with Gasteiger partial charge >= 0.3 is 5.97 Å². The van der Waals surface area contributed by atoms with Crippen molar-refractivity contribution in [2.45, 2.75) is 25.9 Å². The number of cyclic esters (lactones) is 1. The van der Waals surface area contributed by atoms with Gasteiger partial charge in [-0.15, -0.1) is 0 Å². The molecular weight excluding hydrogens is 176 g/mol. The number of carbonyl (C=O) groups is 1. The number of hydrogen-bond donors (Lipinski definition) is 0. The first-order valence-corrected chi connectivity index (χ1v) is 4.99. The fourth-order valence-corrected chi connectivity index (χ4v) is 1.82. The molecule has 0 amide bonds. The van der Waals surface area contributed by atoms with Crippen LogP contribution in [-0.4, -0.2) is 12.1 Å². The van der Waals surface area contributed by atoms with Crippen LogP contribution in [0, 0.1) is 5.92 Å². The molecule has 0 bridgehead atoms. The Morgan fingerprint density at radius 1 is 1.36 bits per heavy atom. The van der Waals surface area contributed by atoms with Crippen LogP contribution in [0.2, 0.25) is 0 Å². The molecule has 0 radical (unpaired) electrons. The molecule has 1 aromatic rings. The van der Waals surface area contributed by atoms with E-state index < -0.39 is 0 Å². The van der Waals surface area contributed by atoms with Crippen molar-refractivity contribution in [1.29, 1.82) is 0 Å².